The van der Waals surface area contributed by atoms with Crippen LogP contribution in [0.5, 0.6) is 0 Å². The SMILES string of the molecule is NC(C1CCOCC1)C1CCC2CCCCC2C1. The van der Waals surface area contributed by atoms with Crippen LogP contribution in [0.1, 0.15) is 57.8 Å². The Morgan fingerprint density at radius 3 is 2.28 bits per heavy atom. The van der Waals surface area contributed by atoms with Gasteiger partial charge in [-0.1, -0.05) is 25.7 Å². The van der Waals surface area contributed by atoms with Gasteiger partial charge in [0.05, 0.1) is 0 Å². The minimum Gasteiger partial charge on any atom is -0.381 e. The van der Waals surface area contributed by atoms with E-state index >= 15 is 0 Å². The molecule has 0 aromatic carbocycles. The summed E-state index contributed by atoms with van der Waals surface area (Å²) in [5.74, 6) is 3.62. The minimum atomic E-state index is 0.455. The molecule has 1 heterocycles. The lowest BCUT2D eigenvalue weighted by molar-refractivity contribution is 0.0367. The molecule has 3 rings (SSSR count). The van der Waals surface area contributed by atoms with Crippen LogP contribution in [-0.2, 0) is 4.74 Å². The van der Waals surface area contributed by atoms with Gasteiger partial charge in [0.2, 0.25) is 0 Å². The summed E-state index contributed by atoms with van der Waals surface area (Å²) in [6, 6.07) is 0.455. The zero-order chi connectivity index (χ0) is 12.4. The zero-order valence-corrected chi connectivity index (χ0v) is 11.7. The van der Waals surface area contributed by atoms with E-state index in [-0.39, 0.29) is 0 Å². The minimum absolute atomic E-state index is 0.455. The second kappa shape index (κ2) is 5.92. The molecule has 0 aromatic heterocycles. The lowest BCUT2D eigenvalue weighted by Gasteiger charge is -2.43. The lowest BCUT2D eigenvalue weighted by atomic mass is 9.64. The number of ether oxygens (including phenoxy) is 1. The first kappa shape index (κ1) is 12.9. The first-order valence-corrected chi connectivity index (χ1v) is 8.18. The van der Waals surface area contributed by atoms with Crippen LogP contribution in [0.3, 0.4) is 0 Å². The van der Waals surface area contributed by atoms with Crippen molar-refractivity contribution in [2.24, 2.45) is 29.4 Å². The van der Waals surface area contributed by atoms with Crippen molar-refractivity contribution in [3.8, 4) is 0 Å². The third-order valence-corrected chi connectivity index (χ3v) is 5.93. The van der Waals surface area contributed by atoms with Crippen molar-refractivity contribution in [3.63, 3.8) is 0 Å². The molecule has 0 bridgehead atoms. The Hall–Kier alpha value is -0.0800. The van der Waals surface area contributed by atoms with Crippen molar-refractivity contribution in [1.29, 1.82) is 0 Å². The largest absolute Gasteiger partial charge is 0.381 e. The molecule has 3 fully saturated rings. The van der Waals surface area contributed by atoms with E-state index in [2.05, 4.69) is 0 Å². The Balaban J connectivity index is 1.55. The van der Waals surface area contributed by atoms with Gasteiger partial charge in [0.1, 0.15) is 0 Å². The van der Waals surface area contributed by atoms with Crippen molar-refractivity contribution < 1.29 is 4.74 Å². The van der Waals surface area contributed by atoms with Gasteiger partial charge in [0.25, 0.3) is 0 Å². The van der Waals surface area contributed by atoms with Gasteiger partial charge < -0.3 is 10.5 Å². The summed E-state index contributed by atoms with van der Waals surface area (Å²) in [6.45, 7) is 1.88. The highest BCUT2D eigenvalue weighted by Gasteiger charge is 2.36. The number of fused-ring (bicyclic) bond motifs is 1. The summed E-state index contributed by atoms with van der Waals surface area (Å²) >= 11 is 0. The predicted molar refractivity (Wildman–Crippen MR) is 74.3 cm³/mol. The van der Waals surface area contributed by atoms with E-state index < -0.39 is 0 Å². The lowest BCUT2D eigenvalue weighted by Crippen LogP contribution is -2.43. The third kappa shape index (κ3) is 2.75. The topological polar surface area (TPSA) is 35.2 Å². The molecule has 0 radical (unpaired) electrons. The molecule has 104 valence electrons. The van der Waals surface area contributed by atoms with Crippen LogP contribution in [0, 0.1) is 23.7 Å². The average Bonchev–Trinajstić information content (AvgIpc) is 2.47. The van der Waals surface area contributed by atoms with Crippen LogP contribution in [0.15, 0.2) is 0 Å². The van der Waals surface area contributed by atoms with Crippen molar-refractivity contribution >= 4 is 0 Å². The summed E-state index contributed by atoms with van der Waals surface area (Å²) in [5, 5.41) is 0. The Labute approximate surface area is 112 Å². The quantitative estimate of drug-likeness (QED) is 0.817. The molecule has 4 unspecified atom stereocenters. The van der Waals surface area contributed by atoms with E-state index in [1.54, 1.807) is 0 Å². The van der Waals surface area contributed by atoms with E-state index in [0.29, 0.717) is 6.04 Å². The van der Waals surface area contributed by atoms with Gasteiger partial charge in [0, 0.05) is 19.3 Å². The van der Waals surface area contributed by atoms with E-state index in [1.165, 1.54) is 57.8 Å². The summed E-state index contributed by atoms with van der Waals surface area (Å²) < 4.78 is 5.47. The molecular weight excluding hydrogens is 222 g/mol. The molecule has 2 aliphatic carbocycles. The van der Waals surface area contributed by atoms with Gasteiger partial charge in [-0.25, -0.2) is 0 Å². The maximum Gasteiger partial charge on any atom is 0.0469 e. The van der Waals surface area contributed by atoms with Crippen LogP contribution in [-0.4, -0.2) is 19.3 Å². The second-order valence-corrected chi connectivity index (χ2v) is 6.90. The smallest absolute Gasteiger partial charge is 0.0469 e. The maximum atomic E-state index is 6.59. The van der Waals surface area contributed by atoms with E-state index in [0.717, 1.165) is 36.9 Å². The second-order valence-electron chi connectivity index (χ2n) is 6.90. The summed E-state index contributed by atoms with van der Waals surface area (Å²) in [7, 11) is 0. The Kier molecular flexibility index (Phi) is 4.25. The van der Waals surface area contributed by atoms with Crippen molar-refractivity contribution in [3.05, 3.63) is 0 Å². The van der Waals surface area contributed by atoms with Crippen LogP contribution in [0.2, 0.25) is 0 Å². The Morgan fingerprint density at radius 2 is 1.50 bits per heavy atom. The number of nitrogens with two attached hydrogens (primary N) is 1. The molecule has 0 aromatic rings. The number of hydrogen-bond donors (Lipinski definition) is 1. The Morgan fingerprint density at radius 1 is 0.778 bits per heavy atom. The fourth-order valence-corrected chi connectivity index (χ4v) is 4.74. The van der Waals surface area contributed by atoms with Gasteiger partial charge in [-0.3, -0.25) is 0 Å². The van der Waals surface area contributed by atoms with Crippen LogP contribution < -0.4 is 5.73 Å². The first-order chi connectivity index (χ1) is 8.84. The van der Waals surface area contributed by atoms with Crippen molar-refractivity contribution in [1.82, 2.24) is 0 Å². The van der Waals surface area contributed by atoms with Crippen LogP contribution in [0.4, 0.5) is 0 Å². The molecule has 0 amide bonds. The monoisotopic (exact) mass is 251 g/mol. The van der Waals surface area contributed by atoms with Gasteiger partial charge in [0.15, 0.2) is 0 Å². The first-order valence-electron chi connectivity index (χ1n) is 8.18. The van der Waals surface area contributed by atoms with E-state index in [1.807, 2.05) is 0 Å². The summed E-state index contributed by atoms with van der Waals surface area (Å²) in [6.07, 6.45) is 12.6. The van der Waals surface area contributed by atoms with Gasteiger partial charge in [-0.15, -0.1) is 0 Å². The predicted octanol–water partition coefficient (Wildman–Crippen LogP) is 3.35. The standard InChI is InChI=1S/C16H29NO/c17-16(13-7-9-18-10-8-13)15-6-5-12-3-1-2-4-14(12)11-15/h12-16H,1-11,17H2. The molecule has 2 N–H and O–H groups in total. The molecule has 2 saturated carbocycles. The highest BCUT2D eigenvalue weighted by atomic mass is 16.5. The molecular formula is C16H29NO. The average molecular weight is 251 g/mol. The molecule has 3 aliphatic rings. The highest BCUT2D eigenvalue weighted by Crippen LogP contribution is 2.44. The fraction of sp³-hybridized carbons (Fsp3) is 1.00. The van der Waals surface area contributed by atoms with Crippen molar-refractivity contribution in [2.75, 3.05) is 13.2 Å². The Bertz CT molecular complexity index is 259. The molecule has 0 spiro atoms. The van der Waals surface area contributed by atoms with Gasteiger partial charge in [-0.05, 0) is 55.8 Å². The highest BCUT2D eigenvalue weighted by molar-refractivity contribution is 4.90. The van der Waals surface area contributed by atoms with E-state index in [9.17, 15) is 0 Å². The van der Waals surface area contributed by atoms with Gasteiger partial charge >= 0.3 is 0 Å². The molecule has 1 aliphatic heterocycles. The van der Waals surface area contributed by atoms with Gasteiger partial charge in [-0.2, -0.15) is 0 Å². The van der Waals surface area contributed by atoms with E-state index in [4.69, 9.17) is 10.5 Å². The normalized spacial score (nSPS) is 40.2. The third-order valence-electron chi connectivity index (χ3n) is 5.93. The summed E-state index contributed by atoms with van der Waals surface area (Å²) in [5.41, 5.74) is 6.59. The number of rotatable bonds is 2. The van der Waals surface area contributed by atoms with Crippen molar-refractivity contribution in [2.45, 2.75) is 63.8 Å². The summed E-state index contributed by atoms with van der Waals surface area (Å²) in [4.78, 5) is 0. The molecule has 18 heavy (non-hydrogen) atoms. The number of hydrogen-bond acceptors (Lipinski definition) is 2. The zero-order valence-electron chi connectivity index (χ0n) is 11.7. The van der Waals surface area contributed by atoms with Crippen LogP contribution >= 0.6 is 0 Å². The maximum absolute atomic E-state index is 6.59. The molecule has 1 saturated heterocycles. The van der Waals surface area contributed by atoms with Crippen LogP contribution in [0.25, 0.3) is 0 Å². The fourth-order valence-electron chi connectivity index (χ4n) is 4.74. The molecule has 2 nitrogen and oxygen atoms in total. The molecule has 2 heteroatoms. The molecule has 4 atom stereocenters.